The molecule has 1 nitrogen and oxygen atoms in total. The molecule has 0 unspecified atom stereocenters. The van der Waals surface area contributed by atoms with Crippen molar-refractivity contribution in [2.75, 3.05) is 0 Å². The maximum absolute atomic E-state index is 13.9. The van der Waals surface area contributed by atoms with E-state index in [9.17, 15) is 8.78 Å². The third-order valence-electron chi connectivity index (χ3n) is 2.90. The summed E-state index contributed by atoms with van der Waals surface area (Å²) in [6.07, 6.45) is 0. The van der Waals surface area contributed by atoms with E-state index in [-0.39, 0.29) is 11.0 Å². The molecule has 3 aromatic rings. The van der Waals surface area contributed by atoms with Gasteiger partial charge in [0.05, 0.1) is 5.52 Å². The molecule has 0 saturated carbocycles. The minimum absolute atomic E-state index is 0.248. The van der Waals surface area contributed by atoms with E-state index >= 15 is 0 Å². The number of hydrogen-bond donors (Lipinski definition) is 0. The van der Waals surface area contributed by atoms with Gasteiger partial charge in [-0.15, -0.1) is 0 Å². The maximum atomic E-state index is 13.9. The smallest absolute Gasteiger partial charge is 0.131 e. The quantitative estimate of drug-likeness (QED) is 0.580. The Labute approximate surface area is 113 Å². The Morgan fingerprint density at radius 1 is 0.895 bits per heavy atom. The predicted molar refractivity (Wildman–Crippen MR) is 72.1 cm³/mol. The Bertz CT molecular complexity index is 771. The molecule has 0 bridgehead atoms. The van der Waals surface area contributed by atoms with E-state index in [1.165, 1.54) is 24.3 Å². The Kier molecular flexibility index (Phi) is 2.91. The first-order valence-corrected chi connectivity index (χ1v) is 6.03. The van der Waals surface area contributed by atoms with Crippen molar-refractivity contribution < 1.29 is 8.78 Å². The normalized spacial score (nSPS) is 10.9. The molecular weight excluding hydrogens is 268 g/mol. The van der Waals surface area contributed by atoms with Gasteiger partial charge in [-0.1, -0.05) is 29.8 Å². The highest BCUT2D eigenvalue weighted by Crippen LogP contribution is 2.32. The van der Waals surface area contributed by atoms with Gasteiger partial charge in [0.15, 0.2) is 0 Å². The molecule has 4 heteroatoms. The Morgan fingerprint density at radius 3 is 2.47 bits per heavy atom. The number of pyridine rings is 1. The highest BCUT2D eigenvalue weighted by molar-refractivity contribution is 6.30. The molecule has 0 aliphatic carbocycles. The average Bonchev–Trinajstić information content (AvgIpc) is 2.39. The van der Waals surface area contributed by atoms with Crippen molar-refractivity contribution >= 4 is 22.5 Å². The van der Waals surface area contributed by atoms with Crippen LogP contribution in [0.15, 0.2) is 48.5 Å². The second kappa shape index (κ2) is 4.59. The lowest BCUT2D eigenvalue weighted by Crippen LogP contribution is -1.89. The van der Waals surface area contributed by atoms with E-state index in [1.807, 2.05) is 0 Å². The Morgan fingerprint density at radius 2 is 1.68 bits per heavy atom. The van der Waals surface area contributed by atoms with Gasteiger partial charge in [0, 0.05) is 10.9 Å². The molecule has 19 heavy (non-hydrogen) atoms. The fourth-order valence-corrected chi connectivity index (χ4v) is 2.27. The molecule has 0 amide bonds. The standard InChI is InChI=1S/C15H8ClF2N/c16-15-8-11(10-3-1-2-4-13(10)18)12-7-9(17)5-6-14(12)19-15/h1-8H. The van der Waals surface area contributed by atoms with Gasteiger partial charge >= 0.3 is 0 Å². The molecule has 3 rings (SSSR count). The molecular formula is C15H8ClF2N. The molecule has 94 valence electrons. The van der Waals surface area contributed by atoms with E-state index < -0.39 is 5.82 Å². The summed E-state index contributed by atoms with van der Waals surface area (Å²) < 4.78 is 27.3. The SMILES string of the molecule is Fc1ccc2nc(Cl)cc(-c3ccccc3F)c2c1. The zero-order valence-corrected chi connectivity index (χ0v) is 10.5. The highest BCUT2D eigenvalue weighted by Gasteiger charge is 2.11. The van der Waals surface area contributed by atoms with Gasteiger partial charge in [0.1, 0.15) is 16.8 Å². The molecule has 0 spiro atoms. The van der Waals surface area contributed by atoms with E-state index in [0.717, 1.165) is 0 Å². The summed E-state index contributed by atoms with van der Waals surface area (Å²) >= 11 is 5.94. The summed E-state index contributed by atoms with van der Waals surface area (Å²) in [5.41, 5.74) is 1.45. The van der Waals surface area contributed by atoms with Crippen molar-refractivity contribution in [2.24, 2.45) is 0 Å². The zero-order valence-electron chi connectivity index (χ0n) is 9.70. The first kappa shape index (κ1) is 12.1. The molecule has 1 aromatic heterocycles. The lowest BCUT2D eigenvalue weighted by atomic mass is 10.0. The number of fused-ring (bicyclic) bond motifs is 1. The van der Waals surface area contributed by atoms with Crippen LogP contribution in [0.4, 0.5) is 8.78 Å². The Hall–Kier alpha value is -2.00. The van der Waals surface area contributed by atoms with Crippen LogP contribution in [0.3, 0.4) is 0 Å². The number of aromatic nitrogens is 1. The molecule has 0 saturated heterocycles. The summed E-state index contributed by atoms with van der Waals surface area (Å²) in [6.45, 7) is 0. The van der Waals surface area contributed by atoms with Crippen molar-refractivity contribution in [1.29, 1.82) is 0 Å². The number of rotatable bonds is 1. The van der Waals surface area contributed by atoms with E-state index in [2.05, 4.69) is 4.98 Å². The van der Waals surface area contributed by atoms with Crippen LogP contribution in [0.1, 0.15) is 0 Å². The van der Waals surface area contributed by atoms with Crippen LogP contribution in [-0.4, -0.2) is 4.98 Å². The van der Waals surface area contributed by atoms with Gasteiger partial charge in [-0.25, -0.2) is 13.8 Å². The van der Waals surface area contributed by atoms with Crippen LogP contribution < -0.4 is 0 Å². The lowest BCUT2D eigenvalue weighted by molar-refractivity contribution is 0.628. The first-order valence-electron chi connectivity index (χ1n) is 5.66. The van der Waals surface area contributed by atoms with Crippen LogP contribution in [-0.2, 0) is 0 Å². The minimum Gasteiger partial charge on any atom is -0.236 e. The van der Waals surface area contributed by atoms with Crippen LogP contribution in [0.2, 0.25) is 5.15 Å². The molecule has 0 atom stereocenters. The van der Waals surface area contributed by atoms with Gasteiger partial charge in [-0.05, 0) is 35.9 Å². The summed E-state index contributed by atoms with van der Waals surface area (Å²) in [5, 5.41) is 0.784. The van der Waals surface area contributed by atoms with Gasteiger partial charge in [-0.3, -0.25) is 0 Å². The third kappa shape index (κ3) is 2.17. The van der Waals surface area contributed by atoms with Crippen molar-refractivity contribution in [2.45, 2.75) is 0 Å². The molecule has 0 aliphatic heterocycles. The molecule has 0 fully saturated rings. The lowest BCUT2D eigenvalue weighted by Gasteiger charge is -2.08. The van der Waals surface area contributed by atoms with E-state index in [4.69, 9.17) is 11.6 Å². The summed E-state index contributed by atoms with van der Waals surface area (Å²) in [5.74, 6) is -0.774. The zero-order chi connectivity index (χ0) is 13.4. The maximum Gasteiger partial charge on any atom is 0.131 e. The van der Waals surface area contributed by atoms with Gasteiger partial charge in [0.25, 0.3) is 0 Å². The monoisotopic (exact) mass is 275 g/mol. The van der Waals surface area contributed by atoms with Gasteiger partial charge in [-0.2, -0.15) is 0 Å². The van der Waals surface area contributed by atoms with E-state index in [1.54, 1.807) is 24.3 Å². The second-order valence-electron chi connectivity index (χ2n) is 4.13. The molecule has 1 heterocycles. The van der Waals surface area contributed by atoms with Crippen molar-refractivity contribution in [3.8, 4) is 11.1 Å². The van der Waals surface area contributed by atoms with Crippen LogP contribution in [0.25, 0.3) is 22.0 Å². The van der Waals surface area contributed by atoms with Crippen molar-refractivity contribution in [3.05, 3.63) is 65.3 Å². The number of nitrogens with zero attached hydrogens (tertiary/aromatic N) is 1. The van der Waals surface area contributed by atoms with Crippen molar-refractivity contribution in [1.82, 2.24) is 4.98 Å². The topological polar surface area (TPSA) is 12.9 Å². The van der Waals surface area contributed by atoms with Crippen LogP contribution in [0.5, 0.6) is 0 Å². The van der Waals surface area contributed by atoms with Crippen LogP contribution >= 0.6 is 11.6 Å². The van der Waals surface area contributed by atoms with Gasteiger partial charge < -0.3 is 0 Å². The fraction of sp³-hybridized carbons (Fsp3) is 0. The fourth-order valence-electron chi connectivity index (χ4n) is 2.07. The third-order valence-corrected chi connectivity index (χ3v) is 3.10. The largest absolute Gasteiger partial charge is 0.236 e. The van der Waals surface area contributed by atoms with Crippen molar-refractivity contribution in [3.63, 3.8) is 0 Å². The average molecular weight is 276 g/mol. The number of hydrogen-bond acceptors (Lipinski definition) is 1. The van der Waals surface area contributed by atoms with Gasteiger partial charge in [0.2, 0.25) is 0 Å². The number of benzene rings is 2. The Balaban J connectivity index is 2.40. The molecule has 2 aromatic carbocycles. The first-order chi connectivity index (χ1) is 9.15. The number of halogens is 3. The minimum atomic E-state index is -0.394. The summed E-state index contributed by atoms with van der Waals surface area (Å²) in [6, 6.07) is 12.0. The second-order valence-corrected chi connectivity index (χ2v) is 4.52. The summed E-state index contributed by atoms with van der Waals surface area (Å²) in [7, 11) is 0. The predicted octanol–water partition coefficient (Wildman–Crippen LogP) is 4.83. The summed E-state index contributed by atoms with van der Waals surface area (Å²) in [4.78, 5) is 4.11. The molecule has 0 N–H and O–H groups in total. The van der Waals surface area contributed by atoms with Crippen LogP contribution in [0, 0.1) is 11.6 Å². The molecule has 0 radical (unpaired) electrons. The van der Waals surface area contributed by atoms with E-state index in [0.29, 0.717) is 22.0 Å². The molecule has 0 aliphatic rings. The highest BCUT2D eigenvalue weighted by atomic mass is 35.5.